The van der Waals surface area contributed by atoms with Crippen molar-refractivity contribution in [3.05, 3.63) is 42.2 Å². The minimum Gasteiger partial charge on any atom is -0.480 e. The lowest BCUT2D eigenvalue weighted by atomic mass is 10.1. The van der Waals surface area contributed by atoms with Crippen molar-refractivity contribution in [3.8, 4) is 0 Å². The lowest BCUT2D eigenvalue weighted by molar-refractivity contribution is -0.140. The topological polar surface area (TPSA) is 122 Å². The van der Waals surface area contributed by atoms with Gasteiger partial charge in [0.05, 0.1) is 30.7 Å². The Balaban J connectivity index is 3.01. The van der Waals surface area contributed by atoms with Gasteiger partial charge in [-0.05, 0) is 18.2 Å². The van der Waals surface area contributed by atoms with Gasteiger partial charge in [0.15, 0.2) is 6.04 Å². The Kier molecular flexibility index (Phi) is 6.86. The molecule has 0 aliphatic carbocycles. The average Bonchev–Trinajstić information content (AvgIpc) is 2.46. The van der Waals surface area contributed by atoms with Crippen LogP contribution in [0.5, 0.6) is 0 Å². The van der Waals surface area contributed by atoms with Gasteiger partial charge in [0.2, 0.25) is 10.0 Å². The molecule has 1 unspecified atom stereocenters. The number of carboxylic acids is 1. The number of hydrogen-bond acceptors (Lipinski definition) is 5. The van der Waals surface area contributed by atoms with Crippen LogP contribution in [0.2, 0.25) is 0 Å². The minimum atomic E-state index is -3.71. The highest BCUT2D eigenvalue weighted by atomic mass is 32.2. The number of hydrogen-bond donors (Lipinski definition) is 3. The fraction of sp³-hybridized carbons (Fsp3) is 0.286. The van der Waals surface area contributed by atoms with Crippen LogP contribution in [0.4, 0.5) is 10.1 Å². The molecule has 0 aromatic heterocycles. The minimum absolute atomic E-state index is 0.0838. The number of halogens is 1. The van der Waals surface area contributed by atoms with Gasteiger partial charge >= 0.3 is 5.97 Å². The molecule has 3 N–H and O–H groups in total. The number of aliphatic carboxylic acids is 1. The van der Waals surface area contributed by atoms with Crippen molar-refractivity contribution in [2.45, 2.75) is 6.04 Å². The smallest absolute Gasteiger partial charge is 0.328 e. The number of carbonyl (C=O) groups is 2. The molecule has 10 heteroatoms. The fourth-order valence-electron chi connectivity index (χ4n) is 1.67. The van der Waals surface area contributed by atoms with Gasteiger partial charge in [-0.3, -0.25) is 9.52 Å². The number of sulfonamides is 1. The van der Waals surface area contributed by atoms with E-state index in [0.717, 1.165) is 24.5 Å². The van der Waals surface area contributed by atoms with Crippen molar-refractivity contribution < 1.29 is 32.2 Å². The molecule has 24 heavy (non-hydrogen) atoms. The molecule has 0 saturated carbocycles. The summed E-state index contributed by atoms with van der Waals surface area (Å²) in [7, 11) is -3.71. The van der Waals surface area contributed by atoms with E-state index >= 15 is 0 Å². The first kappa shape index (κ1) is 19.6. The summed E-state index contributed by atoms with van der Waals surface area (Å²) in [5.41, 5.74) is -0.525. The normalized spacial score (nSPS) is 12.2. The molecule has 1 amide bonds. The number of anilines is 1. The van der Waals surface area contributed by atoms with Gasteiger partial charge in [0, 0.05) is 0 Å². The van der Waals surface area contributed by atoms with E-state index in [2.05, 4.69) is 16.6 Å². The number of amides is 1. The van der Waals surface area contributed by atoms with Crippen LogP contribution >= 0.6 is 0 Å². The largest absolute Gasteiger partial charge is 0.480 e. The third-order valence-corrected chi connectivity index (χ3v) is 3.24. The van der Waals surface area contributed by atoms with Crippen LogP contribution in [-0.4, -0.2) is 50.9 Å². The lowest BCUT2D eigenvalue weighted by Crippen LogP contribution is -2.44. The van der Waals surface area contributed by atoms with Crippen LogP contribution in [0.25, 0.3) is 0 Å². The summed E-state index contributed by atoms with van der Waals surface area (Å²) in [6, 6.07) is 1.43. The Morgan fingerprint density at radius 2 is 2.12 bits per heavy atom. The first-order chi connectivity index (χ1) is 11.1. The summed E-state index contributed by atoms with van der Waals surface area (Å²) >= 11 is 0. The molecule has 0 fully saturated rings. The van der Waals surface area contributed by atoms with Crippen molar-refractivity contribution in [3.63, 3.8) is 0 Å². The van der Waals surface area contributed by atoms with Crippen LogP contribution in [0, 0.1) is 5.82 Å². The Morgan fingerprint density at radius 1 is 1.46 bits per heavy atom. The number of carboxylic acid groups (broad SMARTS) is 1. The van der Waals surface area contributed by atoms with Gasteiger partial charge in [-0.2, -0.15) is 0 Å². The standard InChI is InChI=1S/C14H17FN2O6S/c1-3-6-23-8-12(14(19)20)16-13(18)10-7-9(15)4-5-11(10)17-24(2,21)22/h3-5,7,12,17H,1,6,8H2,2H3,(H,16,18)(H,19,20). The number of carbonyl (C=O) groups excluding carboxylic acids is 1. The molecule has 0 bridgehead atoms. The maximum Gasteiger partial charge on any atom is 0.328 e. The second-order valence-electron chi connectivity index (χ2n) is 4.75. The van der Waals surface area contributed by atoms with Gasteiger partial charge in [-0.25, -0.2) is 17.6 Å². The van der Waals surface area contributed by atoms with Crippen molar-refractivity contribution >= 4 is 27.6 Å². The van der Waals surface area contributed by atoms with Crippen molar-refractivity contribution in [1.82, 2.24) is 5.32 Å². The van der Waals surface area contributed by atoms with Crippen LogP contribution < -0.4 is 10.0 Å². The maximum atomic E-state index is 13.4. The third-order valence-electron chi connectivity index (χ3n) is 2.65. The second kappa shape index (κ2) is 8.41. The first-order valence-corrected chi connectivity index (χ1v) is 8.53. The maximum absolute atomic E-state index is 13.4. The van der Waals surface area contributed by atoms with E-state index in [1.165, 1.54) is 6.08 Å². The lowest BCUT2D eigenvalue weighted by Gasteiger charge is -2.16. The highest BCUT2D eigenvalue weighted by Gasteiger charge is 2.23. The molecule has 0 spiro atoms. The molecule has 0 aliphatic rings. The first-order valence-electron chi connectivity index (χ1n) is 6.63. The Hall–Kier alpha value is -2.46. The van der Waals surface area contributed by atoms with Crippen molar-refractivity contribution in [2.75, 3.05) is 24.2 Å². The molecule has 8 nitrogen and oxygen atoms in total. The summed E-state index contributed by atoms with van der Waals surface area (Å²) in [6.45, 7) is 3.15. The third kappa shape index (κ3) is 6.34. The van der Waals surface area contributed by atoms with E-state index in [1.807, 2.05) is 0 Å². The molecule has 1 aromatic rings. The van der Waals surface area contributed by atoms with Gasteiger partial charge in [-0.1, -0.05) is 6.08 Å². The van der Waals surface area contributed by atoms with Crippen molar-refractivity contribution in [2.24, 2.45) is 0 Å². The monoisotopic (exact) mass is 360 g/mol. The predicted octanol–water partition coefficient (Wildman–Crippen LogP) is 0.583. The Labute approximate surface area is 138 Å². The Morgan fingerprint density at radius 3 is 2.67 bits per heavy atom. The molecule has 0 heterocycles. The quantitative estimate of drug-likeness (QED) is 0.437. The number of benzene rings is 1. The van der Waals surface area contributed by atoms with Crippen LogP contribution in [0.15, 0.2) is 30.9 Å². The molecule has 1 rings (SSSR count). The Bertz CT molecular complexity index is 735. The van der Waals surface area contributed by atoms with Crippen LogP contribution in [0.1, 0.15) is 10.4 Å². The van der Waals surface area contributed by atoms with E-state index in [-0.39, 0.29) is 24.5 Å². The van der Waals surface area contributed by atoms with Crippen molar-refractivity contribution in [1.29, 1.82) is 0 Å². The summed E-state index contributed by atoms with van der Waals surface area (Å²) in [4.78, 5) is 23.3. The fourth-order valence-corrected chi connectivity index (χ4v) is 2.25. The number of ether oxygens (including phenoxy) is 1. The number of nitrogens with one attached hydrogen (secondary N) is 2. The summed E-state index contributed by atoms with van der Waals surface area (Å²) in [5.74, 6) is -3.11. The number of rotatable bonds is 9. The molecular weight excluding hydrogens is 343 g/mol. The van der Waals surface area contributed by atoms with Crippen LogP contribution in [-0.2, 0) is 19.6 Å². The molecule has 132 valence electrons. The summed E-state index contributed by atoms with van der Waals surface area (Å²) in [6.07, 6.45) is 2.27. The van der Waals surface area contributed by atoms with E-state index in [0.29, 0.717) is 0 Å². The van der Waals surface area contributed by atoms with Gasteiger partial charge in [-0.15, -0.1) is 6.58 Å². The molecule has 1 atom stereocenters. The van der Waals surface area contributed by atoms with Gasteiger partial charge < -0.3 is 15.2 Å². The molecule has 0 saturated heterocycles. The zero-order chi connectivity index (χ0) is 18.3. The summed E-state index contributed by atoms with van der Waals surface area (Å²) in [5, 5.41) is 11.2. The average molecular weight is 360 g/mol. The van der Waals surface area contributed by atoms with Gasteiger partial charge in [0.25, 0.3) is 5.91 Å². The van der Waals surface area contributed by atoms with E-state index in [4.69, 9.17) is 9.84 Å². The zero-order valence-corrected chi connectivity index (χ0v) is 13.6. The highest BCUT2D eigenvalue weighted by molar-refractivity contribution is 7.92. The highest BCUT2D eigenvalue weighted by Crippen LogP contribution is 2.18. The molecule has 1 aromatic carbocycles. The summed E-state index contributed by atoms with van der Waals surface area (Å²) < 4.78 is 43.0. The molecule has 0 aliphatic heterocycles. The van der Waals surface area contributed by atoms with Crippen LogP contribution in [0.3, 0.4) is 0 Å². The van der Waals surface area contributed by atoms with E-state index < -0.39 is 33.8 Å². The van der Waals surface area contributed by atoms with E-state index in [9.17, 15) is 22.4 Å². The van der Waals surface area contributed by atoms with Gasteiger partial charge in [0.1, 0.15) is 5.82 Å². The van der Waals surface area contributed by atoms with E-state index in [1.54, 1.807) is 0 Å². The second-order valence-corrected chi connectivity index (χ2v) is 6.50. The predicted molar refractivity (Wildman–Crippen MR) is 84.8 cm³/mol. The molecule has 0 radical (unpaired) electrons. The molecular formula is C14H17FN2O6S. The zero-order valence-electron chi connectivity index (χ0n) is 12.8. The SMILES string of the molecule is C=CCOCC(NC(=O)c1cc(F)ccc1NS(C)(=O)=O)C(=O)O.